The number of anilines is 1. The van der Waals surface area contributed by atoms with Crippen LogP contribution in [0.4, 0.5) is 10.5 Å². The van der Waals surface area contributed by atoms with Gasteiger partial charge in [0.15, 0.2) is 0 Å². The number of para-hydroxylation sites is 1. The molecule has 3 heteroatoms. The highest BCUT2D eigenvalue weighted by Crippen LogP contribution is 2.17. The first-order valence-corrected chi connectivity index (χ1v) is 5.94. The lowest BCUT2D eigenvalue weighted by Crippen LogP contribution is -2.41. The van der Waals surface area contributed by atoms with Crippen molar-refractivity contribution < 1.29 is 4.79 Å². The third-order valence-corrected chi connectivity index (χ3v) is 2.99. The molecule has 0 bridgehead atoms. The van der Waals surface area contributed by atoms with Gasteiger partial charge >= 0.3 is 6.03 Å². The molecule has 1 aromatic carbocycles. The molecule has 0 unspecified atom stereocenters. The summed E-state index contributed by atoms with van der Waals surface area (Å²) in [5.74, 6) is 0. The highest BCUT2D eigenvalue weighted by molar-refractivity contribution is 5.92. The molecule has 0 atom stereocenters. The molecule has 0 radical (unpaired) electrons. The Kier molecular flexibility index (Phi) is 3.44. The molecule has 0 aliphatic carbocycles. The highest BCUT2D eigenvalue weighted by atomic mass is 16.2. The van der Waals surface area contributed by atoms with Crippen molar-refractivity contribution in [2.75, 3.05) is 24.5 Å². The van der Waals surface area contributed by atoms with Gasteiger partial charge < -0.3 is 4.90 Å². The van der Waals surface area contributed by atoms with Crippen LogP contribution in [0, 0.1) is 0 Å². The van der Waals surface area contributed by atoms with Crippen LogP contribution in [0.3, 0.4) is 0 Å². The van der Waals surface area contributed by atoms with Gasteiger partial charge in [0.05, 0.1) is 0 Å². The molecule has 1 aliphatic rings. The lowest BCUT2D eigenvalue weighted by atomic mass is 10.3. The summed E-state index contributed by atoms with van der Waals surface area (Å²) in [7, 11) is 0. The van der Waals surface area contributed by atoms with Gasteiger partial charge in [0.1, 0.15) is 0 Å². The second kappa shape index (κ2) is 5.01. The molecule has 1 aromatic rings. The van der Waals surface area contributed by atoms with Gasteiger partial charge in [-0.05, 0) is 31.9 Å². The Hall–Kier alpha value is -1.51. The zero-order chi connectivity index (χ0) is 11.4. The van der Waals surface area contributed by atoms with E-state index in [1.54, 1.807) is 0 Å². The minimum atomic E-state index is 0.145. The minimum Gasteiger partial charge on any atom is -0.324 e. The van der Waals surface area contributed by atoms with Gasteiger partial charge in [-0.15, -0.1) is 0 Å². The fraction of sp³-hybridized carbons (Fsp3) is 0.462. The molecule has 2 amide bonds. The highest BCUT2D eigenvalue weighted by Gasteiger charge is 2.23. The van der Waals surface area contributed by atoms with Gasteiger partial charge in [0, 0.05) is 25.3 Å². The molecular formula is C13H18N2O. The Morgan fingerprint density at radius 1 is 1.25 bits per heavy atom. The quantitative estimate of drug-likeness (QED) is 0.748. The van der Waals surface area contributed by atoms with E-state index in [9.17, 15) is 4.79 Å². The molecule has 1 heterocycles. The largest absolute Gasteiger partial charge is 0.324 e. The van der Waals surface area contributed by atoms with Crippen molar-refractivity contribution in [1.82, 2.24) is 4.90 Å². The van der Waals surface area contributed by atoms with Crippen molar-refractivity contribution in [3.05, 3.63) is 30.3 Å². The van der Waals surface area contributed by atoms with Crippen molar-refractivity contribution in [1.29, 1.82) is 0 Å². The molecule has 0 N–H and O–H groups in total. The van der Waals surface area contributed by atoms with Crippen molar-refractivity contribution in [3.8, 4) is 0 Å². The summed E-state index contributed by atoms with van der Waals surface area (Å²) in [5.41, 5.74) is 0.988. The van der Waals surface area contributed by atoms with Gasteiger partial charge in [-0.3, -0.25) is 4.90 Å². The van der Waals surface area contributed by atoms with Crippen LogP contribution < -0.4 is 4.90 Å². The third kappa shape index (κ3) is 2.18. The van der Waals surface area contributed by atoms with E-state index in [1.165, 1.54) is 0 Å². The summed E-state index contributed by atoms with van der Waals surface area (Å²) >= 11 is 0. The topological polar surface area (TPSA) is 23.6 Å². The number of carbonyl (C=O) groups is 1. The number of likely N-dealkylation sites (tertiary alicyclic amines) is 1. The smallest absolute Gasteiger partial charge is 0.324 e. The molecule has 0 aromatic heterocycles. The maximum absolute atomic E-state index is 12.2. The van der Waals surface area contributed by atoms with E-state index in [2.05, 4.69) is 0 Å². The first kappa shape index (κ1) is 11.0. The number of hydrogen-bond acceptors (Lipinski definition) is 1. The summed E-state index contributed by atoms with van der Waals surface area (Å²) in [6, 6.07) is 10.0. The summed E-state index contributed by atoms with van der Waals surface area (Å²) in [6.45, 7) is 4.55. The SMILES string of the molecule is CCN(C(=O)N1CCCC1)c1ccccc1. The molecule has 1 aliphatic heterocycles. The minimum absolute atomic E-state index is 0.145. The second-order valence-electron chi connectivity index (χ2n) is 4.06. The number of benzene rings is 1. The van der Waals surface area contributed by atoms with Gasteiger partial charge in [0.2, 0.25) is 0 Å². The van der Waals surface area contributed by atoms with Crippen molar-refractivity contribution in [2.24, 2.45) is 0 Å². The number of urea groups is 1. The Morgan fingerprint density at radius 3 is 2.44 bits per heavy atom. The Morgan fingerprint density at radius 2 is 1.88 bits per heavy atom. The Bertz CT molecular complexity index is 344. The van der Waals surface area contributed by atoms with Crippen LogP contribution in [0.2, 0.25) is 0 Å². The summed E-state index contributed by atoms with van der Waals surface area (Å²) in [5, 5.41) is 0. The normalized spacial score (nSPS) is 15.2. The van der Waals surface area contributed by atoms with Crippen LogP contribution in [0.15, 0.2) is 30.3 Å². The van der Waals surface area contributed by atoms with Gasteiger partial charge in [-0.25, -0.2) is 4.79 Å². The van der Waals surface area contributed by atoms with Gasteiger partial charge in [-0.2, -0.15) is 0 Å². The second-order valence-corrected chi connectivity index (χ2v) is 4.06. The van der Waals surface area contributed by atoms with Crippen LogP contribution in [0.25, 0.3) is 0 Å². The average molecular weight is 218 g/mol. The first-order chi connectivity index (χ1) is 7.83. The lowest BCUT2D eigenvalue weighted by Gasteiger charge is -2.26. The van der Waals surface area contributed by atoms with E-state index in [4.69, 9.17) is 0 Å². The summed E-state index contributed by atoms with van der Waals surface area (Å²) < 4.78 is 0. The van der Waals surface area contributed by atoms with Gasteiger partial charge in [-0.1, -0.05) is 18.2 Å². The van der Waals surface area contributed by atoms with E-state index in [1.807, 2.05) is 47.1 Å². The molecule has 0 saturated carbocycles. The van der Waals surface area contributed by atoms with Crippen LogP contribution in [-0.4, -0.2) is 30.6 Å². The van der Waals surface area contributed by atoms with E-state index in [0.29, 0.717) is 0 Å². The molecule has 16 heavy (non-hydrogen) atoms. The fourth-order valence-corrected chi connectivity index (χ4v) is 2.12. The number of hydrogen-bond donors (Lipinski definition) is 0. The monoisotopic (exact) mass is 218 g/mol. The first-order valence-electron chi connectivity index (χ1n) is 5.94. The fourth-order valence-electron chi connectivity index (χ4n) is 2.12. The van der Waals surface area contributed by atoms with Crippen LogP contribution >= 0.6 is 0 Å². The van der Waals surface area contributed by atoms with Crippen LogP contribution in [0.1, 0.15) is 19.8 Å². The number of amides is 2. The summed E-state index contributed by atoms with van der Waals surface area (Å²) in [6.07, 6.45) is 2.27. The molecule has 1 fully saturated rings. The predicted molar refractivity (Wildman–Crippen MR) is 65.7 cm³/mol. The zero-order valence-corrected chi connectivity index (χ0v) is 9.72. The molecule has 3 nitrogen and oxygen atoms in total. The average Bonchev–Trinajstić information content (AvgIpc) is 2.85. The third-order valence-electron chi connectivity index (χ3n) is 2.99. The Balaban J connectivity index is 2.13. The zero-order valence-electron chi connectivity index (χ0n) is 9.72. The van der Waals surface area contributed by atoms with Crippen molar-refractivity contribution in [2.45, 2.75) is 19.8 Å². The van der Waals surface area contributed by atoms with Crippen molar-refractivity contribution in [3.63, 3.8) is 0 Å². The van der Waals surface area contributed by atoms with Crippen LogP contribution in [0.5, 0.6) is 0 Å². The van der Waals surface area contributed by atoms with E-state index < -0.39 is 0 Å². The van der Waals surface area contributed by atoms with E-state index in [-0.39, 0.29) is 6.03 Å². The summed E-state index contributed by atoms with van der Waals surface area (Å²) in [4.78, 5) is 16.0. The molecule has 0 spiro atoms. The molecule has 2 rings (SSSR count). The maximum atomic E-state index is 12.2. The number of rotatable bonds is 2. The predicted octanol–water partition coefficient (Wildman–Crippen LogP) is 2.73. The maximum Gasteiger partial charge on any atom is 0.324 e. The Labute approximate surface area is 96.7 Å². The molecule has 86 valence electrons. The number of nitrogens with zero attached hydrogens (tertiary/aromatic N) is 2. The standard InChI is InChI=1S/C13H18N2O/c1-2-15(12-8-4-3-5-9-12)13(16)14-10-6-7-11-14/h3-5,8-9H,2,6-7,10-11H2,1H3. The lowest BCUT2D eigenvalue weighted by molar-refractivity contribution is 0.216. The van der Waals surface area contributed by atoms with Crippen molar-refractivity contribution >= 4 is 11.7 Å². The van der Waals surface area contributed by atoms with E-state index >= 15 is 0 Å². The van der Waals surface area contributed by atoms with Crippen LogP contribution in [-0.2, 0) is 0 Å². The van der Waals surface area contributed by atoms with E-state index in [0.717, 1.165) is 38.2 Å². The molecular weight excluding hydrogens is 200 g/mol. The number of carbonyl (C=O) groups excluding carboxylic acids is 1. The van der Waals surface area contributed by atoms with Gasteiger partial charge in [0.25, 0.3) is 0 Å². The molecule has 1 saturated heterocycles.